The predicted molar refractivity (Wildman–Crippen MR) is 143 cm³/mol. The maximum absolute atomic E-state index is 12.7. The van der Waals surface area contributed by atoms with E-state index in [1.807, 2.05) is 13.8 Å². The van der Waals surface area contributed by atoms with Crippen molar-refractivity contribution >= 4 is 16.0 Å². The molecule has 0 aromatic carbocycles. The Morgan fingerprint density at radius 3 is 2.31 bits per heavy atom. The highest BCUT2D eigenvalue weighted by Crippen LogP contribution is 2.68. The average molecular weight is 526 g/mol. The van der Waals surface area contributed by atoms with Gasteiger partial charge in [-0.2, -0.15) is 8.42 Å². The minimum atomic E-state index is -4.13. The molecule has 36 heavy (non-hydrogen) atoms. The van der Waals surface area contributed by atoms with Gasteiger partial charge in [-0.3, -0.25) is 9.35 Å². The Morgan fingerprint density at radius 1 is 0.972 bits per heavy atom. The Labute approximate surface area is 219 Å². The van der Waals surface area contributed by atoms with Gasteiger partial charge in [0, 0.05) is 12.5 Å². The zero-order chi connectivity index (χ0) is 26.5. The molecular formula is C29H51NO5S. The third-order valence-electron chi connectivity index (χ3n) is 11.8. The molecule has 0 aromatic rings. The van der Waals surface area contributed by atoms with Crippen LogP contribution >= 0.6 is 0 Å². The number of hydrogen-bond acceptors (Lipinski definition) is 4. The molecule has 3 N–H and O–H groups in total. The summed E-state index contributed by atoms with van der Waals surface area (Å²) in [7, 11) is -4.13. The molecule has 6 nitrogen and oxygen atoms in total. The summed E-state index contributed by atoms with van der Waals surface area (Å²) in [5.74, 6) is 3.56. The molecular weight excluding hydrogens is 474 g/mol. The van der Waals surface area contributed by atoms with Crippen LogP contribution in [0.1, 0.15) is 105 Å². The number of carbonyl (C=O) groups excluding carboxylic acids is 1. The first-order valence-electron chi connectivity index (χ1n) is 14.7. The van der Waals surface area contributed by atoms with Crippen molar-refractivity contribution in [3.63, 3.8) is 0 Å². The molecule has 4 fully saturated rings. The number of fused-ring (bicyclic) bond motifs is 5. The molecule has 0 aromatic heterocycles. The van der Waals surface area contributed by atoms with E-state index in [4.69, 9.17) is 0 Å². The van der Waals surface area contributed by atoms with Crippen molar-refractivity contribution in [3.05, 3.63) is 0 Å². The lowest BCUT2D eigenvalue weighted by Crippen LogP contribution is -2.54. The third-order valence-corrected chi connectivity index (χ3v) is 12.5. The van der Waals surface area contributed by atoms with E-state index >= 15 is 0 Å². The highest BCUT2D eigenvalue weighted by atomic mass is 32.2. The molecule has 4 saturated carbocycles. The topological polar surface area (TPSA) is 104 Å². The number of hydrogen-bond donors (Lipinski definition) is 3. The van der Waals surface area contributed by atoms with Crippen LogP contribution in [0.25, 0.3) is 0 Å². The second kappa shape index (κ2) is 10.5. The largest absolute Gasteiger partial charge is 0.393 e. The van der Waals surface area contributed by atoms with Gasteiger partial charge in [0.25, 0.3) is 10.1 Å². The van der Waals surface area contributed by atoms with Gasteiger partial charge >= 0.3 is 0 Å². The van der Waals surface area contributed by atoms with E-state index < -0.39 is 21.9 Å². The van der Waals surface area contributed by atoms with Gasteiger partial charge in [0.1, 0.15) is 0 Å². The lowest BCUT2D eigenvalue weighted by atomic mass is 9.44. The normalized spacial score (nSPS) is 42.2. The lowest BCUT2D eigenvalue weighted by molar-refractivity contribution is -0.130. The Bertz CT molecular complexity index is 905. The number of nitrogens with one attached hydrogen (secondary N) is 1. The second-order valence-corrected chi connectivity index (χ2v) is 15.5. The van der Waals surface area contributed by atoms with Gasteiger partial charge in [-0.25, -0.2) is 0 Å². The summed E-state index contributed by atoms with van der Waals surface area (Å²) in [6.07, 6.45) is 12.1. The summed E-state index contributed by atoms with van der Waals surface area (Å²) < 4.78 is 31.9. The quantitative estimate of drug-likeness (QED) is 0.366. The lowest BCUT2D eigenvalue weighted by Gasteiger charge is -2.61. The molecule has 208 valence electrons. The Hall–Kier alpha value is -0.660. The van der Waals surface area contributed by atoms with Crippen molar-refractivity contribution in [2.45, 2.75) is 117 Å². The maximum Gasteiger partial charge on any atom is 0.266 e. The molecule has 4 rings (SSSR count). The molecule has 0 spiro atoms. The number of rotatable bonds is 8. The molecule has 0 bridgehead atoms. The Morgan fingerprint density at radius 2 is 1.64 bits per heavy atom. The monoisotopic (exact) mass is 525 g/mol. The fourth-order valence-electron chi connectivity index (χ4n) is 9.68. The molecule has 10 unspecified atom stereocenters. The average Bonchev–Trinajstić information content (AvgIpc) is 3.14. The van der Waals surface area contributed by atoms with E-state index in [9.17, 15) is 22.9 Å². The number of aliphatic hydroxyl groups is 1. The van der Waals surface area contributed by atoms with Gasteiger partial charge in [0.05, 0.1) is 11.9 Å². The van der Waals surface area contributed by atoms with Crippen LogP contribution in [0.5, 0.6) is 0 Å². The highest BCUT2D eigenvalue weighted by Gasteiger charge is 2.60. The van der Waals surface area contributed by atoms with Crippen LogP contribution < -0.4 is 5.32 Å². The highest BCUT2D eigenvalue weighted by molar-refractivity contribution is 7.85. The van der Waals surface area contributed by atoms with Crippen LogP contribution in [0, 0.1) is 52.3 Å². The molecule has 7 heteroatoms. The van der Waals surface area contributed by atoms with E-state index in [0.29, 0.717) is 35.0 Å². The Balaban J connectivity index is 1.36. The van der Waals surface area contributed by atoms with Crippen molar-refractivity contribution in [2.75, 3.05) is 5.75 Å². The third kappa shape index (κ3) is 5.54. The molecule has 10 atom stereocenters. The zero-order valence-electron chi connectivity index (χ0n) is 23.2. The Kier molecular flexibility index (Phi) is 8.26. The van der Waals surface area contributed by atoms with Crippen molar-refractivity contribution in [2.24, 2.45) is 52.3 Å². The second-order valence-electron chi connectivity index (χ2n) is 14.0. The van der Waals surface area contributed by atoms with E-state index in [0.717, 1.165) is 37.0 Å². The van der Waals surface area contributed by atoms with Crippen molar-refractivity contribution in [3.8, 4) is 0 Å². The van der Waals surface area contributed by atoms with Gasteiger partial charge in [-0.1, -0.05) is 34.6 Å². The standard InChI is InChI=1S/C29H51NO5S/c1-18(2)26(17-36(33,34)35)30-27(32)11-6-19(3)23-9-10-24-22-8-7-20-16-21(31)12-14-28(20,4)25(22)13-15-29(23,24)5/h18-26,31H,6-17H2,1-5H3,(H,30,32)(H,33,34,35). The first kappa shape index (κ1) is 28.4. The van der Waals surface area contributed by atoms with Crippen LogP contribution in [0.2, 0.25) is 0 Å². The molecule has 0 aliphatic heterocycles. The van der Waals surface area contributed by atoms with E-state index in [1.54, 1.807) is 0 Å². The summed E-state index contributed by atoms with van der Waals surface area (Å²) >= 11 is 0. The van der Waals surface area contributed by atoms with Crippen molar-refractivity contribution in [1.82, 2.24) is 5.32 Å². The van der Waals surface area contributed by atoms with Gasteiger partial charge in [0.15, 0.2) is 0 Å². The van der Waals surface area contributed by atoms with Crippen LogP contribution in [-0.4, -0.2) is 41.9 Å². The van der Waals surface area contributed by atoms with E-state index in [2.05, 4.69) is 26.1 Å². The molecule has 0 heterocycles. The van der Waals surface area contributed by atoms with E-state index in [-0.39, 0.29) is 17.9 Å². The summed E-state index contributed by atoms with van der Waals surface area (Å²) in [6.45, 7) is 11.1. The van der Waals surface area contributed by atoms with Crippen molar-refractivity contribution < 1.29 is 22.9 Å². The zero-order valence-corrected chi connectivity index (χ0v) is 24.0. The minimum absolute atomic E-state index is 0.0673. The molecule has 0 radical (unpaired) electrons. The predicted octanol–water partition coefficient (Wildman–Crippen LogP) is 5.45. The first-order chi connectivity index (χ1) is 16.7. The minimum Gasteiger partial charge on any atom is -0.393 e. The summed E-state index contributed by atoms with van der Waals surface area (Å²) in [6, 6.07) is -0.566. The van der Waals surface area contributed by atoms with Gasteiger partial charge < -0.3 is 10.4 Å². The van der Waals surface area contributed by atoms with Gasteiger partial charge in [-0.15, -0.1) is 0 Å². The van der Waals surface area contributed by atoms with Crippen LogP contribution in [0.15, 0.2) is 0 Å². The molecule has 0 saturated heterocycles. The number of carbonyl (C=O) groups is 1. The number of amides is 1. The number of aliphatic hydroxyl groups excluding tert-OH is 1. The molecule has 4 aliphatic carbocycles. The fraction of sp³-hybridized carbons (Fsp3) is 0.966. The van der Waals surface area contributed by atoms with Crippen LogP contribution in [-0.2, 0) is 14.9 Å². The first-order valence-corrected chi connectivity index (χ1v) is 16.3. The van der Waals surface area contributed by atoms with E-state index in [1.165, 1.54) is 44.9 Å². The molecule has 1 amide bonds. The summed E-state index contributed by atoms with van der Waals surface area (Å²) in [5.41, 5.74) is 0.750. The maximum atomic E-state index is 12.7. The summed E-state index contributed by atoms with van der Waals surface area (Å²) in [4.78, 5) is 12.7. The molecule has 4 aliphatic rings. The summed E-state index contributed by atoms with van der Waals surface area (Å²) in [5, 5.41) is 13.2. The SMILES string of the molecule is CC(C)C(CS(=O)(=O)O)NC(=O)CCC(C)C1CCC2C3CCC4CC(O)CCC4(C)C3CCC12C. The smallest absolute Gasteiger partial charge is 0.266 e. The fourth-order valence-corrected chi connectivity index (χ4v) is 10.6. The van der Waals surface area contributed by atoms with Gasteiger partial charge in [-0.05, 0) is 116 Å². The van der Waals surface area contributed by atoms with Crippen LogP contribution in [0.4, 0.5) is 0 Å². The van der Waals surface area contributed by atoms with Crippen LogP contribution in [0.3, 0.4) is 0 Å². The van der Waals surface area contributed by atoms with Crippen molar-refractivity contribution in [1.29, 1.82) is 0 Å². The van der Waals surface area contributed by atoms with Gasteiger partial charge in [0.2, 0.25) is 5.91 Å².